The van der Waals surface area contributed by atoms with Crippen LogP contribution in [0, 0.1) is 0 Å². The van der Waals surface area contributed by atoms with E-state index in [0.29, 0.717) is 18.4 Å². The summed E-state index contributed by atoms with van der Waals surface area (Å²) in [4.78, 5) is 21.4. The highest BCUT2D eigenvalue weighted by molar-refractivity contribution is 9.10. The summed E-state index contributed by atoms with van der Waals surface area (Å²) >= 11 is 3.04. The third-order valence-electron chi connectivity index (χ3n) is 3.69. The van der Waals surface area contributed by atoms with Gasteiger partial charge in [0.15, 0.2) is 0 Å². The zero-order valence-electron chi connectivity index (χ0n) is 16.6. The fourth-order valence-corrected chi connectivity index (χ4v) is 4.22. The van der Waals surface area contributed by atoms with Gasteiger partial charge in [0.1, 0.15) is 5.60 Å². The van der Waals surface area contributed by atoms with Crippen LogP contribution in [0.2, 0.25) is 0 Å². The number of carbonyl (C=O) groups excluding carboxylic acids is 1. The van der Waals surface area contributed by atoms with Gasteiger partial charge in [-0.3, -0.25) is 4.57 Å². The Morgan fingerprint density at radius 2 is 1.96 bits per heavy atom. The largest absolute Gasteiger partial charge is 0.444 e. The average molecular weight is 486 g/mol. The first-order valence-electron chi connectivity index (χ1n) is 8.84. The first-order valence-corrected chi connectivity index (χ1v) is 11.2. The van der Waals surface area contributed by atoms with Crippen molar-refractivity contribution in [2.45, 2.75) is 64.8 Å². The number of alkyl carbamates (subject to hydrolysis) is 1. The number of rotatable bonds is 8. The fourth-order valence-electron chi connectivity index (χ4n) is 2.12. The molecular formula is C18H27BrF2NO5P. The summed E-state index contributed by atoms with van der Waals surface area (Å²) in [5, 5.41) is 2.58. The molecule has 6 nitrogen and oxygen atoms in total. The lowest BCUT2D eigenvalue weighted by molar-refractivity contribution is 0.0341. The van der Waals surface area contributed by atoms with E-state index in [-0.39, 0.29) is 11.0 Å². The maximum atomic E-state index is 14.6. The Bertz CT molecular complexity index is 739. The van der Waals surface area contributed by atoms with Gasteiger partial charge in [0.25, 0.3) is 0 Å². The van der Waals surface area contributed by atoms with E-state index in [1.54, 1.807) is 27.7 Å². The second-order valence-corrected chi connectivity index (χ2v) is 10.0. The molecule has 0 bridgehead atoms. The first-order chi connectivity index (χ1) is 12.7. The Kier molecular flexibility index (Phi) is 8.62. The third kappa shape index (κ3) is 7.10. The maximum Gasteiger partial charge on any atom is 0.407 e. The molecule has 10 heteroatoms. The van der Waals surface area contributed by atoms with Crippen molar-refractivity contribution in [2.75, 3.05) is 6.54 Å². The molecule has 0 aromatic heterocycles. The molecule has 1 aromatic rings. The van der Waals surface area contributed by atoms with Crippen LogP contribution in [0.15, 0.2) is 22.7 Å². The Morgan fingerprint density at radius 3 is 2.46 bits per heavy atom. The van der Waals surface area contributed by atoms with Gasteiger partial charge in [0, 0.05) is 16.6 Å². The van der Waals surface area contributed by atoms with Gasteiger partial charge in [0.05, 0.1) is 6.10 Å². The highest BCUT2D eigenvalue weighted by atomic mass is 79.9. The van der Waals surface area contributed by atoms with Gasteiger partial charge in [-0.15, -0.1) is 0 Å². The lowest BCUT2D eigenvalue weighted by atomic mass is 10.1. The third-order valence-corrected chi connectivity index (χ3v) is 5.94. The number of carbonyl (C=O) groups is 1. The van der Waals surface area contributed by atoms with Crippen molar-refractivity contribution in [1.82, 2.24) is 5.32 Å². The molecule has 0 aliphatic carbocycles. The van der Waals surface area contributed by atoms with E-state index in [2.05, 4.69) is 21.2 Å². The molecule has 1 amide bonds. The van der Waals surface area contributed by atoms with Crippen LogP contribution in [0.1, 0.15) is 52.2 Å². The molecule has 2 unspecified atom stereocenters. The van der Waals surface area contributed by atoms with Crippen LogP contribution in [0.5, 0.6) is 0 Å². The molecule has 160 valence electrons. The van der Waals surface area contributed by atoms with E-state index in [9.17, 15) is 23.0 Å². The van der Waals surface area contributed by atoms with E-state index in [4.69, 9.17) is 9.26 Å². The molecule has 0 heterocycles. The topological polar surface area (TPSA) is 84.9 Å². The van der Waals surface area contributed by atoms with Gasteiger partial charge in [-0.25, -0.2) is 4.79 Å². The summed E-state index contributed by atoms with van der Waals surface area (Å²) in [6, 6.07) is 3.91. The van der Waals surface area contributed by atoms with Gasteiger partial charge < -0.3 is 19.5 Å². The molecule has 2 N–H and O–H groups in total. The molecular weight excluding hydrogens is 459 g/mol. The number of ether oxygens (including phenoxy) is 1. The predicted molar refractivity (Wildman–Crippen MR) is 107 cm³/mol. The Balaban J connectivity index is 2.83. The molecule has 0 aliphatic rings. The number of benzene rings is 1. The number of halogens is 3. The van der Waals surface area contributed by atoms with Crippen molar-refractivity contribution in [1.29, 1.82) is 0 Å². The zero-order valence-corrected chi connectivity index (χ0v) is 19.1. The second kappa shape index (κ2) is 9.65. The van der Waals surface area contributed by atoms with Crippen LogP contribution in [0.4, 0.5) is 13.6 Å². The summed E-state index contributed by atoms with van der Waals surface area (Å²) in [5.41, 5.74) is -4.66. The maximum absolute atomic E-state index is 14.6. The Labute approximate surface area is 172 Å². The van der Waals surface area contributed by atoms with Crippen molar-refractivity contribution in [3.05, 3.63) is 33.8 Å². The van der Waals surface area contributed by atoms with E-state index >= 15 is 0 Å². The Morgan fingerprint density at radius 1 is 1.36 bits per heavy atom. The Hall–Kier alpha value is -1.02. The molecule has 2 atom stereocenters. The molecule has 0 saturated carbocycles. The molecule has 0 saturated heterocycles. The summed E-state index contributed by atoms with van der Waals surface area (Å²) in [7, 11) is -5.22. The van der Waals surface area contributed by atoms with Gasteiger partial charge in [-0.05, 0) is 52.2 Å². The van der Waals surface area contributed by atoms with Crippen molar-refractivity contribution >= 4 is 29.6 Å². The number of hydrogen-bond acceptors (Lipinski definition) is 4. The zero-order chi connectivity index (χ0) is 21.8. The smallest absolute Gasteiger partial charge is 0.407 e. The minimum absolute atomic E-state index is 0.0192. The van der Waals surface area contributed by atoms with Crippen molar-refractivity contribution in [3.63, 3.8) is 0 Å². The monoisotopic (exact) mass is 485 g/mol. The summed E-state index contributed by atoms with van der Waals surface area (Å²) < 4.78 is 51.1. The van der Waals surface area contributed by atoms with Crippen LogP contribution in [-0.4, -0.2) is 29.2 Å². The van der Waals surface area contributed by atoms with Crippen LogP contribution in [-0.2, 0) is 25.9 Å². The molecule has 0 fully saturated rings. The fraction of sp³-hybridized carbons (Fsp3) is 0.611. The quantitative estimate of drug-likeness (QED) is 0.470. The highest BCUT2D eigenvalue weighted by Gasteiger charge is 2.54. The number of alkyl halides is 2. The minimum atomic E-state index is -5.22. The molecule has 28 heavy (non-hydrogen) atoms. The van der Waals surface area contributed by atoms with Gasteiger partial charge in [-0.1, -0.05) is 35.0 Å². The predicted octanol–water partition coefficient (Wildman–Crippen LogP) is 5.57. The van der Waals surface area contributed by atoms with Crippen LogP contribution >= 0.6 is 23.5 Å². The van der Waals surface area contributed by atoms with E-state index < -0.39 is 36.6 Å². The van der Waals surface area contributed by atoms with Crippen molar-refractivity contribution in [3.8, 4) is 0 Å². The molecule has 0 radical (unpaired) electrons. The number of nitrogens with one attached hydrogen (secondary N) is 1. The van der Waals surface area contributed by atoms with Crippen LogP contribution in [0.25, 0.3) is 0 Å². The second-order valence-electron chi connectivity index (χ2n) is 7.38. The minimum Gasteiger partial charge on any atom is -0.444 e. The van der Waals surface area contributed by atoms with E-state index in [1.807, 2.05) is 0 Å². The van der Waals surface area contributed by atoms with Crippen LogP contribution in [0.3, 0.4) is 0 Å². The molecule has 1 aromatic carbocycles. The van der Waals surface area contributed by atoms with Crippen molar-refractivity contribution in [2.24, 2.45) is 0 Å². The van der Waals surface area contributed by atoms with Gasteiger partial charge in [-0.2, -0.15) is 8.78 Å². The number of hydrogen-bond donors (Lipinski definition) is 2. The molecule has 0 spiro atoms. The first kappa shape index (κ1) is 25.0. The van der Waals surface area contributed by atoms with E-state index in [1.165, 1.54) is 19.1 Å². The summed E-state index contributed by atoms with van der Waals surface area (Å²) in [5.74, 6) is 0. The summed E-state index contributed by atoms with van der Waals surface area (Å²) in [6.45, 7) is 8.59. The summed E-state index contributed by atoms with van der Waals surface area (Å²) in [6.07, 6.45) is -0.660. The van der Waals surface area contributed by atoms with Crippen LogP contribution < -0.4 is 5.32 Å². The van der Waals surface area contributed by atoms with Gasteiger partial charge in [0.2, 0.25) is 0 Å². The standard InChI is InChI=1S/C18H27BrF2NO5P/c1-6-12(2)27-28(24,25)18(20,21)14-8-7-13(11-15(14)19)9-10-22-16(23)26-17(3,4)5/h7-8,11-12H,6,9-10H2,1-5H3,(H,22,23)(H,24,25). The lowest BCUT2D eigenvalue weighted by Crippen LogP contribution is -2.33. The van der Waals surface area contributed by atoms with Crippen molar-refractivity contribution < 1.29 is 32.3 Å². The molecule has 0 aliphatic heterocycles. The van der Waals surface area contributed by atoms with E-state index in [0.717, 1.165) is 6.07 Å². The molecule has 1 rings (SSSR count). The normalized spacial score (nSPS) is 15.6. The van der Waals surface area contributed by atoms with Gasteiger partial charge >= 0.3 is 19.4 Å². The average Bonchev–Trinajstić information content (AvgIpc) is 2.52. The number of amides is 1. The SMILES string of the molecule is CCC(C)OP(=O)(O)C(F)(F)c1ccc(CCNC(=O)OC(C)(C)C)cc1Br. The highest BCUT2D eigenvalue weighted by Crippen LogP contribution is 2.64. The lowest BCUT2D eigenvalue weighted by Gasteiger charge is -2.25.